The number of para-hydroxylation sites is 1. The molecular weight excluding hydrogens is 363 g/mol. The third-order valence-corrected chi connectivity index (χ3v) is 5.50. The van der Waals surface area contributed by atoms with Gasteiger partial charge in [-0.25, -0.2) is 9.07 Å². The van der Waals surface area contributed by atoms with Gasteiger partial charge in [0.1, 0.15) is 17.5 Å². The Morgan fingerprint density at radius 1 is 1.25 bits per heavy atom. The van der Waals surface area contributed by atoms with Crippen molar-refractivity contribution in [2.24, 2.45) is 0 Å². The van der Waals surface area contributed by atoms with E-state index in [1.54, 1.807) is 19.1 Å². The smallest absolute Gasteiger partial charge is 0.272 e. The molecule has 0 saturated carbocycles. The van der Waals surface area contributed by atoms with Gasteiger partial charge in [0.15, 0.2) is 5.69 Å². The molecule has 2 heterocycles. The molecule has 1 aliphatic carbocycles. The predicted octanol–water partition coefficient (Wildman–Crippen LogP) is 1.69. The van der Waals surface area contributed by atoms with Crippen molar-refractivity contribution in [2.45, 2.75) is 45.1 Å². The second-order valence-electron chi connectivity index (χ2n) is 7.30. The van der Waals surface area contributed by atoms with Gasteiger partial charge < -0.3 is 5.32 Å². The minimum atomic E-state index is -0.757. The minimum Gasteiger partial charge on any atom is -0.339 e. The number of likely N-dealkylation sites (N-methyl/N-ethyl adjacent to an activating group) is 1. The fraction of sp³-hybridized carbons (Fsp3) is 0.400. The first-order chi connectivity index (χ1) is 13.4. The molecule has 4 rings (SSSR count). The van der Waals surface area contributed by atoms with Crippen LogP contribution in [0.3, 0.4) is 0 Å². The zero-order valence-corrected chi connectivity index (χ0v) is 15.8. The van der Waals surface area contributed by atoms with Gasteiger partial charge in [-0.2, -0.15) is 5.10 Å². The van der Waals surface area contributed by atoms with Gasteiger partial charge in [0.2, 0.25) is 5.91 Å². The van der Waals surface area contributed by atoms with Crippen LogP contribution in [0.4, 0.5) is 4.39 Å². The molecule has 0 radical (unpaired) electrons. The maximum Gasteiger partial charge on any atom is 0.272 e. The van der Waals surface area contributed by atoms with Crippen LogP contribution < -0.4 is 5.32 Å². The van der Waals surface area contributed by atoms with Crippen molar-refractivity contribution >= 4 is 17.7 Å². The molecule has 1 N–H and O–H groups in total. The zero-order chi connectivity index (χ0) is 20.0. The number of carbonyl (C=O) groups excluding carboxylic acids is 3. The predicted molar refractivity (Wildman–Crippen MR) is 98.5 cm³/mol. The molecule has 1 aliphatic heterocycles. The number of aromatic nitrogens is 2. The summed E-state index contributed by atoms with van der Waals surface area (Å²) in [6.07, 6.45) is 2.73. The van der Waals surface area contributed by atoms with Crippen molar-refractivity contribution in [1.29, 1.82) is 0 Å². The van der Waals surface area contributed by atoms with E-state index in [1.807, 2.05) is 0 Å². The SMILES string of the molecule is Cc1cccc(F)c1-n1nc(C(=O)NC2CCC(=O)N(C)C2=O)c2c1CCC2. The molecule has 2 aliphatic rings. The number of aryl methyl sites for hydroxylation is 1. The van der Waals surface area contributed by atoms with E-state index in [2.05, 4.69) is 10.4 Å². The first-order valence-electron chi connectivity index (χ1n) is 9.36. The Kier molecular flexibility index (Phi) is 4.49. The molecule has 1 aromatic heterocycles. The highest BCUT2D eigenvalue weighted by Gasteiger charge is 2.35. The Balaban J connectivity index is 1.67. The molecule has 1 aromatic carbocycles. The molecule has 1 atom stereocenters. The summed E-state index contributed by atoms with van der Waals surface area (Å²) in [5, 5.41) is 7.13. The Hall–Kier alpha value is -3.03. The van der Waals surface area contributed by atoms with Crippen molar-refractivity contribution in [3.63, 3.8) is 0 Å². The maximum absolute atomic E-state index is 14.5. The highest BCUT2D eigenvalue weighted by atomic mass is 19.1. The molecule has 28 heavy (non-hydrogen) atoms. The lowest BCUT2D eigenvalue weighted by Gasteiger charge is -2.27. The lowest BCUT2D eigenvalue weighted by atomic mass is 10.0. The number of rotatable bonds is 3. The van der Waals surface area contributed by atoms with Gasteiger partial charge in [0, 0.05) is 24.7 Å². The van der Waals surface area contributed by atoms with Gasteiger partial charge in [-0.15, -0.1) is 0 Å². The Morgan fingerprint density at radius 3 is 2.79 bits per heavy atom. The third-order valence-electron chi connectivity index (χ3n) is 5.50. The van der Waals surface area contributed by atoms with Crippen LogP contribution in [0.25, 0.3) is 5.69 Å². The number of likely N-dealkylation sites (tertiary alicyclic amines) is 1. The van der Waals surface area contributed by atoms with Crippen LogP contribution in [0.1, 0.15) is 46.6 Å². The van der Waals surface area contributed by atoms with Crippen LogP contribution in [-0.4, -0.2) is 45.5 Å². The number of carbonyl (C=O) groups is 3. The summed E-state index contributed by atoms with van der Waals surface area (Å²) in [5.41, 5.74) is 2.93. The molecule has 1 fully saturated rings. The first-order valence-corrected chi connectivity index (χ1v) is 9.36. The molecule has 2 aromatic rings. The third kappa shape index (κ3) is 2.89. The highest BCUT2D eigenvalue weighted by Crippen LogP contribution is 2.30. The molecule has 1 unspecified atom stereocenters. The van der Waals surface area contributed by atoms with E-state index in [1.165, 1.54) is 17.8 Å². The van der Waals surface area contributed by atoms with Gasteiger partial charge >= 0.3 is 0 Å². The summed E-state index contributed by atoms with van der Waals surface area (Å²) >= 11 is 0. The maximum atomic E-state index is 14.5. The van der Waals surface area contributed by atoms with Crippen molar-refractivity contribution in [2.75, 3.05) is 7.05 Å². The van der Waals surface area contributed by atoms with E-state index >= 15 is 0 Å². The standard InChI is InChI=1S/C20H21FN4O3/c1-11-5-3-7-13(21)18(11)25-15-8-4-6-12(15)17(23-25)19(27)22-14-9-10-16(26)24(2)20(14)28/h3,5,7,14H,4,6,8-10H2,1-2H3,(H,22,27). The number of amides is 3. The van der Waals surface area contributed by atoms with E-state index < -0.39 is 23.7 Å². The summed E-state index contributed by atoms with van der Waals surface area (Å²) < 4.78 is 16.0. The molecular formula is C20H21FN4O3. The lowest BCUT2D eigenvalue weighted by Crippen LogP contribution is -2.53. The van der Waals surface area contributed by atoms with Crippen molar-refractivity contribution in [1.82, 2.24) is 20.0 Å². The second kappa shape index (κ2) is 6.85. The number of fused-ring (bicyclic) bond motifs is 1. The van der Waals surface area contributed by atoms with Crippen LogP contribution >= 0.6 is 0 Å². The average molecular weight is 384 g/mol. The van der Waals surface area contributed by atoms with Gasteiger partial charge in [-0.05, 0) is 44.2 Å². The number of halogens is 1. The number of hydrogen-bond acceptors (Lipinski definition) is 4. The van der Waals surface area contributed by atoms with Gasteiger partial charge in [0.05, 0.1) is 0 Å². The molecule has 8 heteroatoms. The number of benzene rings is 1. The summed E-state index contributed by atoms with van der Waals surface area (Å²) in [7, 11) is 1.41. The number of piperidine rings is 1. The molecule has 0 bridgehead atoms. The summed E-state index contributed by atoms with van der Waals surface area (Å²) in [4.78, 5) is 37.8. The number of imide groups is 1. The van der Waals surface area contributed by atoms with Crippen LogP contribution in [0, 0.1) is 12.7 Å². The van der Waals surface area contributed by atoms with Gasteiger partial charge in [0.25, 0.3) is 11.8 Å². The van der Waals surface area contributed by atoms with E-state index in [0.717, 1.165) is 28.1 Å². The van der Waals surface area contributed by atoms with E-state index in [0.29, 0.717) is 18.5 Å². The molecule has 146 valence electrons. The zero-order valence-electron chi connectivity index (χ0n) is 15.8. The minimum absolute atomic E-state index is 0.203. The second-order valence-corrected chi connectivity index (χ2v) is 7.30. The molecule has 7 nitrogen and oxygen atoms in total. The summed E-state index contributed by atoms with van der Waals surface area (Å²) in [6.45, 7) is 1.80. The van der Waals surface area contributed by atoms with Gasteiger partial charge in [-0.1, -0.05) is 12.1 Å². The number of hydrogen-bond donors (Lipinski definition) is 1. The molecule has 0 spiro atoms. The molecule has 3 amide bonds. The Labute approximate surface area is 161 Å². The largest absolute Gasteiger partial charge is 0.339 e. The summed E-state index contributed by atoms with van der Waals surface area (Å²) in [5.74, 6) is -1.54. The number of nitrogens with one attached hydrogen (secondary N) is 1. The number of nitrogens with zero attached hydrogens (tertiary/aromatic N) is 3. The normalized spacial score (nSPS) is 19.1. The molecule has 1 saturated heterocycles. The monoisotopic (exact) mass is 384 g/mol. The topological polar surface area (TPSA) is 84.3 Å². The van der Waals surface area contributed by atoms with Crippen molar-refractivity contribution in [3.05, 3.63) is 46.5 Å². The van der Waals surface area contributed by atoms with E-state index in [-0.39, 0.29) is 24.4 Å². The quantitative estimate of drug-likeness (QED) is 0.816. The Bertz CT molecular complexity index is 977. The van der Waals surface area contributed by atoms with Crippen LogP contribution in [0.5, 0.6) is 0 Å². The van der Waals surface area contributed by atoms with E-state index in [9.17, 15) is 18.8 Å². The van der Waals surface area contributed by atoms with Crippen LogP contribution in [-0.2, 0) is 22.4 Å². The fourth-order valence-corrected chi connectivity index (χ4v) is 3.97. The van der Waals surface area contributed by atoms with Crippen LogP contribution in [0.2, 0.25) is 0 Å². The van der Waals surface area contributed by atoms with Gasteiger partial charge in [-0.3, -0.25) is 19.3 Å². The summed E-state index contributed by atoms with van der Waals surface area (Å²) in [6, 6.07) is 4.05. The van der Waals surface area contributed by atoms with Crippen molar-refractivity contribution < 1.29 is 18.8 Å². The Morgan fingerprint density at radius 2 is 2.04 bits per heavy atom. The average Bonchev–Trinajstić information content (AvgIpc) is 3.25. The fourth-order valence-electron chi connectivity index (χ4n) is 3.97. The lowest BCUT2D eigenvalue weighted by molar-refractivity contribution is -0.147. The van der Waals surface area contributed by atoms with E-state index in [4.69, 9.17) is 0 Å². The first kappa shape index (κ1) is 18.3. The van der Waals surface area contributed by atoms with Crippen molar-refractivity contribution in [3.8, 4) is 5.69 Å². The highest BCUT2D eigenvalue weighted by molar-refractivity contribution is 6.03. The van der Waals surface area contributed by atoms with Crippen LogP contribution in [0.15, 0.2) is 18.2 Å².